The maximum absolute atomic E-state index is 12.7. The van der Waals surface area contributed by atoms with Crippen molar-refractivity contribution in [2.75, 3.05) is 0 Å². The van der Waals surface area contributed by atoms with Crippen molar-refractivity contribution in [3.63, 3.8) is 0 Å². The zero-order valence-corrected chi connectivity index (χ0v) is 14.3. The van der Waals surface area contributed by atoms with Crippen molar-refractivity contribution in [2.24, 2.45) is 40.6 Å². The highest BCUT2D eigenvalue weighted by atomic mass is 16.2. The summed E-state index contributed by atoms with van der Waals surface area (Å²) in [6.45, 7) is 0. The molecule has 4 nitrogen and oxygen atoms in total. The second-order valence-electron chi connectivity index (χ2n) is 8.28. The number of carbonyl (C=O) groups is 2. The van der Waals surface area contributed by atoms with Gasteiger partial charge < -0.3 is 11.5 Å². The van der Waals surface area contributed by atoms with Gasteiger partial charge in [-0.2, -0.15) is 0 Å². The van der Waals surface area contributed by atoms with Gasteiger partial charge in [-0.25, -0.2) is 0 Å². The molecule has 0 aromatic heterocycles. The maximum Gasteiger partial charge on any atom is 0.224 e. The summed E-state index contributed by atoms with van der Waals surface area (Å²) in [5.74, 6) is 0.665. The second kappa shape index (κ2) is 6.82. The average Bonchev–Trinajstić information content (AvgIpc) is 2.99. The number of primary amides is 2. The third-order valence-electron chi connectivity index (χ3n) is 7.20. The minimum absolute atomic E-state index is 0.149. The Labute approximate surface area is 139 Å². The molecule has 23 heavy (non-hydrogen) atoms. The SMILES string of the molecule is NC(=O)C1CC(C2CCCCC2)C(C(N)=O)(C2CCCCC2)C1. The number of hydrogen-bond acceptors (Lipinski definition) is 2. The van der Waals surface area contributed by atoms with Crippen LogP contribution in [0.1, 0.15) is 77.0 Å². The Balaban J connectivity index is 1.93. The van der Waals surface area contributed by atoms with Crippen LogP contribution in [0.3, 0.4) is 0 Å². The Morgan fingerprint density at radius 2 is 1.39 bits per heavy atom. The Morgan fingerprint density at radius 3 is 1.91 bits per heavy atom. The molecule has 0 spiro atoms. The van der Waals surface area contributed by atoms with Gasteiger partial charge in [0.2, 0.25) is 11.8 Å². The molecule has 130 valence electrons. The predicted octanol–water partition coefficient (Wildman–Crippen LogP) is 3.13. The summed E-state index contributed by atoms with van der Waals surface area (Å²) in [5, 5.41) is 0. The molecule has 3 rings (SSSR count). The summed E-state index contributed by atoms with van der Waals surface area (Å²) < 4.78 is 0. The predicted molar refractivity (Wildman–Crippen MR) is 90.2 cm³/mol. The minimum Gasteiger partial charge on any atom is -0.369 e. The van der Waals surface area contributed by atoms with Crippen LogP contribution in [0.4, 0.5) is 0 Å². The van der Waals surface area contributed by atoms with Crippen LogP contribution in [0.15, 0.2) is 0 Å². The normalized spacial score (nSPS) is 36.9. The van der Waals surface area contributed by atoms with Gasteiger partial charge >= 0.3 is 0 Å². The zero-order valence-electron chi connectivity index (χ0n) is 14.3. The van der Waals surface area contributed by atoms with Gasteiger partial charge in [-0.05, 0) is 43.4 Å². The fourth-order valence-electron chi connectivity index (χ4n) is 6.10. The third-order valence-corrected chi connectivity index (χ3v) is 7.20. The molecule has 0 aliphatic heterocycles. The smallest absolute Gasteiger partial charge is 0.224 e. The fourth-order valence-corrected chi connectivity index (χ4v) is 6.10. The summed E-state index contributed by atoms with van der Waals surface area (Å²) >= 11 is 0. The molecule has 0 aromatic carbocycles. The van der Waals surface area contributed by atoms with Crippen molar-refractivity contribution in [1.29, 1.82) is 0 Å². The monoisotopic (exact) mass is 320 g/mol. The van der Waals surface area contributed by atoms with Crippen molar-refractivity contribution in [3.8, 4) is 0 Å². The first kappa shape index (κ1) is 16.8. The van der Waals surface area contributed by atoms with E-state index < -0.39 is 5.41 Å². The van der Waals surface area contributed by atoms with Crippen LogP contribution in [0, 0.1) is 29.1 Å². The van der Waals surface area contributed by atoms with Gasteiger partial charge in [0.05, 0.1) is 5.41 Å². The first-order chi connectivity index (χ1) is 11.1. The quantitative estimate of drug-likeness (QED) is 0.833. The van der Waals surface area contributed by atoms with E-state index >= 15 is 0 Å². The standard InChI is InChI=1S/C19H32N2O2/c20-17(22)14-11-16(13-7-3-1-4-8-13)19(12-14,18(21)23)15-9-5-2-6-10-15/h13-16H,1-12H2,(H2,20,22)(H2,21,23). The molecule has 4 heteroatoms. The van der Waals surface area contributed by atoms with Gasteiger partial charge in [0.25, 0.3) is 0 Å². The molecule has 0 saturated heterocycles. The Morgan fingerprint density at radius 1 is 0.826 bits per heavy atom. The first-order valence-corrected chi connectivity index (χ1v) is 9.65. The van der Waals surface area contributed by atoms with Crippen molar-refractivity contribution in [1.82, 2.24) is 0 Å². The van der Waals surface area contributed by atoms with E-state index in [1.54, 1.807) is 0 Å². The largest absolute Gasteiger partial charge is 0.369 e. The summed E-state index contributed by atoms with van der Waals surface area (Å²) in [5.41, 5.74) is 11.2. The highest BCUT2D eigenvalue weighted by molar-refractivity contribution is 5.85. The molecular formula is C19H32N2O2. The lowest BCUT2D eigenvalue weighted by Crippen LogP contribution is -2.49. The summed E-state index contributed by atoms with van der Waals surface area (Å²) in [6.07, 6.45) is 13.4. The summed E-state index contributed by atoms with van der Waals surface area (Å²) in [7, 11) is 0. The molecule has 3 aliphatic rings. The molecule has 0 bridgehead atoms. The van der Waals surface area contributed by atoms with Crippen LogP contribution >= 0.6 is 0 Å². The molecule has 3 atom stereocenters. The van der Waals surface area contributed by atoms with E-state index in [0.717, 1.165) is 19.3 Å². The fraction of sp³-hybridized carbons (Fsp3) is 0.895. The van der Waals surface area contributed by atoms with Crippen LogP contribution in [0.25, 0.3) is 0 Å². The Bertz CT molecular complexity index is 452. The molecule has 4 N–H and O–H groups in total. The molecule has 3 unspecified atom stereocenters. The number of rotatable bonds is 4. The number of nitrogens with two attached hydrogens (primary N) is 2. The molecule has 3 saturated carbocycles. The Kier molecular flexibility index (Phi) is 4.98. The van der Waals surface area contributed by atoms with E-state index in [2.05, 4.69) is 0 Å². The molecule has 3 aliphatic carbocycles. The molecule has 0 heterocycles. The molecule has 2 amide bonds. The van der Waals surface area contributed by atoms with Crippen molar-refractivity contribution in [3.05, 3.63) is 0 Å². The first-order valence-electron chi connectivity index (χ1n) is 9.65. The van der Waals surface area contributed by atoms with Crippen molar-refractivity contribution >= 4 is 11.8 Å². The Hall–Kier alpha value is -1.06. The van der Waals surface area contributed by atoms with Crippen molar-refractivity contribution < 1.29 is 9.59 Å². The van der Waals surface area contributed by atoms with E-state index in [4.69, 9.17) is 11.5 Å². The van der Waals surface area contributed by atoms with Gasteiger partial charge in [-0.1, -0.05) is 51.4 Å². The van der Waals surface area contributed by atoms with Crippen LogP contribution in [-0.4, -0.2) is 11.8 Å². The lowest BCUT2D eigenvalue weighted by atomic mass is 9.58. The zero-order chi connectivity index (χ0) is 16.4. The highest BCUT2D eigenvalue weighted by Crippen LogP contribution is 2.59. The van der Waals surface area contributed by atoms with Gasteiger partial charge in [0, 0.05) is 5.92 Å². The van der Waals surface area contributed by atoms with E-state index in [-0.39, 0.29) is 23.7 Å². The van der Waals surface area contributed by atoms with E-state index in [1.165, 1.54) is 51.4 Å². The minimum atomic E-state index is -0.470. The molecule has 3 fully saturated rings. The molecular weight excluding hydrogens is 288 g/mol. The van der Waals surface area contributed by atoms with E-state index in [9.17, 15) is 9.59 Å². The number of carbonyl (C=O) groups excluding carboxylic acids is 2. The molecule has 0 radical (unpaired) electrons. The topological polar surface area (TPSA) is 86.2 Å². The average molecular weight is 320 g/mol. The lowest BCUT2D eigenvalue weighted by Gasteiger charge is -2.45. The van der Waals surface area contributed by atoms with Crippen LogP contribution < -0.4 is 11.5 Å². The number of hydrogen-bond donors (Lipinski definition) is 2. The van der Waals surface area contributed by atoms with Gasteiger partial charge in [0.15, 0.2) is 0 Å². The highest BCUT2D eigenvalue weighted by Gasteiger charge is 2.58. The van der Waals surface area contributed by atoms with Gasteiger partial charge in [-0.15, -0.1) is 0 Å². The van der Waals surface area contributed by atoms with E-state index in [0.29, 0.717) is 18.3 Å². The van der Waals surface area contributed by atoms with Gasteiger partial charge in [0.1, 0.15) is 0 Å². The maximum atomic E-state index is 12.7. The van der Waals surface area contributed by atoms with Gasteiger partial charge in [-0.3, -0.25) is 9.59 Å². The summed E-state index contributed by atoms with van der Waals surface area (Å²) in [4.78, 5) is 24.6. The third kappa shape index (κ3) is 3.01. The second-order valence-corrected chi connectivity index (χ2v) is 8.28. The van der Waals surface area contributed by atoms with Crippen LogP contribution in [0.5, 0.6) is 0 Å². The molecule has 0 aromatic rings. The lowest BCUT2D eigenvalue weighted by molar-refractivity contribution is -0.137. The number of amides is 2. The van der Waals surface area contributed by atoms with Crippen LogP contribution in [-0.2, 0) is 9.59 Å². The van der Waals surface area contributed by atoms with E-state index in [1.807, 2.05) is 0 Å². The van der Waals surface area contributed by atoms with Crippen LogP contribution in [0.2, 0.25) is 0 Å². The summed E-state index contributed by atoms with van der Waals surface area (Å²) in [6, 6.07) is 0. The van der Waals surface area contributed by atoms with Crippen molar-refractivity contribution in [2.45, 2.75) is 77.0 Å².